The van der Waals surface area contributed by atoms with Crippen molar-refractivity contribution in [3.63, 3.8) is 0 Å². The number of pyridine rings is 1. The Labute approximate surface area is 98.7 Å². The summed E-state index contributed by atoms with van der Waals surface area (Å²) >= 11 is 0. The van der Waals surface area contributed by atoms with Crippen LogP contribution in [0.25, 0.3) is 0 Å². The summed E-state index contributed by atoms with van der Waals surface area (Å²) in [6, 6.07) is 6.01. The fourth-order valence-electron chi connectivity index (χ4n) is 1.27. The van der Waals surface area contributed by atoms with Crippen LogP contribution in [-0.2, 0) is 0 Å². The van der Waals surface area contributed by atoms with Gasteiger partial charge in [0.15, 0.2) is 0 Å². The highest BCUT2D eigenvalue weighted by molar-refractivity contribution is 5.45. The van der Waals surface area contributed by atoms with E-state index in [1.54, 1.807) is 0 Å². The molecule has 16 heavy (non-hydrogen) atoms. The summed E-state index contributed by atoms with van der Waals surface area (Å²) in [5.74, 6) is 1.88. The normalized spacial score (nSPS) is 11.2. The first-order valence-electron chi connectivity index (χ1n) is 6.02. The van der Waals surface area contributed by atoms with Crippen LogP contribution in [0.1, 0.15) is 34.1 Å². The van der Waals surface area contributed by atoms with Crippen LogP contribution in [0.15, 0.2) is 18.2 Å². The molecule has 90 valence electrons. The third-order valence-electron chi connectivity index (χ3n) is 2.81. The minimum Gasteiger partial charge on any atom is -0.370 e. The second-order valence-corrected chi connectivity index (χ2v) is 4.81. The van der Waals surface area contributed by atoms with E-state index in [1.807, 2.05) is 18.2 Å². The predicted octanol–water partition coefficient (Wildman–Crippen LogP) is 3.36. The van der Waals surface area contributed by atoms with E-state index < -0.39 is 0 Å². The molecule has 0 bridgehead atoms. The molecule has 1 rings (SSSR count). The van der Waals surface area contributed by atoms with Crippen LogP contribution in [0.3, 0.4) is 0 Å². The van der Waals surface area contributed by atoms with Crippen molar-refractivity contribution in [1.82, 2.24) is 4.98 Å². The molecule has 0 saturated carbocycles. The van der Waals surface area contributed by atoms with Gasteiger partial charge in [0.2, 0.25) is 0 Å². The average molecular weight is 221 g/mol. The van der Waals surface area contributed by atoms with Crippen molar-refractivity contribution >= 4 is 11.6 Å². The minimum absolute atomic E-state index is 0.315. The zero-order chi connectivity index (χ0) is 12.0. The van der Waals surface area contributed by atoms with Crippen molar-refractivity contribution in [1.29, 1.82) is 0 Å². The Bertz CT molecular complexity index is 321. The largest absolute Gasteiger partial charge is 0.370 e. The lowest BCUT2D eigenvalue weighted by Crippen LogP contribution is -2.22. The van der Waals surface area contributed by atoms with Crippen LogP contribution in [0.5, 0.6) is 0 Å². The molecule has 1 aromatic rings. The molecular formula is C13H23N3. The fourth-order valence-corrected chi connectivity index (χ4v) is 1.27. The van der Waals surface area contributed by atoms with Gasteiger partial charge in [-0.3, -0.25) is 0 Å². The molecule has 2 N–H and O–H groups in total. The zero-order valence-electron chi connectivity index (χ0n) is 10.8. The van der Waals surface area contributed by atoms with E-state index in [1.165, 1.54) is 0 Å². The molecule has 0 spiro atoms. The van der Waals surface area contributed by atoms with E-state index >= 15 is 0 Å². The first-order valence-corrected chi connectivity index (χ1v) is 6.02. The van der Waals surface area contributed by atoms with Crippen LogP contribution < -0.4 is 10.6 Å². The summed E-state index contributed by atoms with van der Waals surface area (Å²) in [6.07, 6.45) is 1.16. The average Bonchev–Trinajstić information content (AvgIpc) is 2.28. The van der Waals surface area contributed by atoms with Gasteiger partial charge in [0.05, 0.1) is 0 Å². The van der Waals surface area contributed by atoms with Crippen LogP contribution in [0.4, 0.5) is 11.6 Å². The van der Waals surface area contributed by atoms with Gasteiger partial charge < -0.3 is 10.6 Å². The molecule has 0 aliphatic carbocycles. The fraction of sp³-hybridized carbons (Fsp3) is 0.615. The molecule has 0 saturated heterocycles. The second kappa shape index (κ2) is 5.73. The molecule has 1 aromatic heterocycles. The Morgan fingerprint density at radius 3 is 2.31 bits per heavy atom. The molecule has 0 aliphatic heterocycles. The van der Waals surface area contributed by atoms with E-state index in [0.29, 0.717) is 5.41 Å². The lowest BCUT2D eigenvalue weighted by Gasteiger charge is -2.23. The maximum Gasteiger partial charge on any atom is 0.128 e. The van der Waals surface area contributed by atoms with Crippen LogP contribution in [-0.4, -0.2) is 18.1 Å². The Balaban J connectivity index is 2.57. The van der Waals surface area contributed by atoms with Crippen molar-refractivity contribution in [3.05, 3.63) is 18.2 Å². The molecule has 3 nitrogen and oxygen atoms in total. The van der Waals surface area contributed by atoms with Gasteiger partial charge in [0.1, 0.15) is 11.6 Å². The van der Waals surface area contributed by atoms with Crippen molar-refractivity contribution < 1.29 is 0 Å². The van der Waals surface area contributed by atoms with Gasteiger partial charge in [-0.2, -0.15) is 0 Å². The first kappa shape index (κ1) is 12.8. The smallest absolute Gasteiger partial charge is 0.128 e. The first-order chi connectivity index (χ1) is 7.57. The lowest BCUT2D eigenvalue weighted by molar-refractivity contribution is 0.376. The number of nitrogens with one attached hydrogen (secondary N) is 2. The number of aromatic nitrogens is 1. The summed E-state index contributed by atoms with van der Waals surface area (Å²) in [6.45, 7) is 10.7. The number of nitrogens with zero attached hydrogens (tertiary/aromatic N) is 1. The number of rotatable bonds is 6. The summed E-state index contributed by atoms with van der Waals surface area (Å²) in [7, 11) is 0. The highest BCUT2D eigenvalue weighted by atomic mass is 15.1. The van der Waals surface area contributed by atoms with Crippen molar-refractivity contribution in [2.24, 2.45) is 5.41 Å². The molecule has 0 radical (unpaired) electrons. The van der Waals surface area contributed by atoms with Gasteiger partial charge >= 0.3 is 0 Å². The zero-order valence-corrected chi connectivity index (χ0v) is 10.8. The van der Waals surface area contributed by atoms with E-state index in [4.69, 9.17) is 0 Å². The van der Waals surface area contributed by atoms with Crippen molar-refractivity contribution in [2.75, 3.05) is 23.7 Å². The summed E-state index contributed by atoms with van der Waals surface area (Å²) in [5, 5.41) is 6.59. The number of hydrogen-bond donors (Lipinski definition) is 2. The second-order valence-electron chi connectivity index (χ2n) is 4.81. The molecule has 0 atom stereocenters. The number of hydrogen-bond acceptors (Lipinski definition) is 3. The van der Waals surface area contributed by atoms with Gasteiger partial charge in [-0.25, -0.2) is 4.98 Å². The minimum atomic E-state index is 0.315. The monoisotopic (exact) mass is 221 g/mol. The van der Waals surface area contributed by atoms with Crippen LogP contribution in [0.2, 0.25) is 0 Å². The van der Waals surface area contributed by atoms with E-state index in [9.17, 15) is 0 Å². The Hall–Kier alpha value is -1.25. The van der Waals surface area contributed by atoms with Gasteiger partial charge in [-0.1, -0.05) is 26.8 Å². The van der Waals surface area contributed by atoms with Crippen LogP contribution in [0, 0.1) is 5.41 Å². The van der Waals surface area contributed by atoms with Gasteiger partial charge in [0.25, 0.3) is 0 Å². The van der Waals surface area contributed by atoms with Crippen molar-refractivity contribution in [3.8, 4) is 0 Å². The number of anilines is 2. The SMILES string of the molecule is CCNc1cccc(NCC(C)(C)CC)n1. The Kier molecular flexibility index (Phi) is 4.59. The third-order valence-corrected chi connectivity index (χ3v) is 2.81. The highest BCUT2D eigenvalue weighted by Gasteiger charge is 2.14. The maximum atomic E-state index is 4.48. The Morgan fingerprint density at radius 1 is 1.12 bits per heavy atom. The van der Waals surface area contributed by atoms with E-state index in [-0.39, 0.29) is 0 Å². The molecule has 0 unspecified atom stereocenters. The summed E-state index contributed by atoms with van der Waals surface area (Å²) in [5.41, 5.74) is 0.315. The van der Waals surface area contributed by atoms with Gasteiger partial charge in [-0.05, 0) is 30.9 Å². The quantitative estimate of drug-likeness (QED) is 0.773. The molecule has 0 fully saturated rings. The molecule has 0 amide bonds. The molecular weight excluding hydrogens is 198 g/mol. The topological polar surface area (TPSA) is 37.0 Å². The predicted molar refractivity (Wildman–Crippen MR) is 71.0 cm³/mol. The Morgan fingerprint density at radius 2 is 1.75 bits per heavy atom. The molecule has 3 heteroatoms. The molecule has 1 heterocycles. The molecule has 0 aliphatic rings. The third kappa shape index (κ3) is 4.09. The summed E-state index contributed by atoms with van der Waals surface area (Å²) < 4.78 is 0. The molecule has 0 aromatic carbocycles. The van der Waals surface area contributed by atoms with Gasteiger partial charge in [-0.15, -0.1) is 0 Å². The van der Waals surface area contributed by atoms with Crippen molar-refractivity contribution in [2.45, 2.75) is 34.1 Å². The standard InChI is InChI=1S/C13H23N3/c1-5-13(3,4)10-15-12-9-7-8-11(16-12)14-6-2/h7-9H,5-6,10H2,1-4H3,(H2,14,15,16). The lowest BCUT2D eigenvalue weighted by atomic mass is 9.90. The van der Waals surface area contributed by atoms with E-state index in [0.717, 1.165) is 31.1 Å². The maximum absolute atomic E-state index is 4.48. The van der Waals surface area contributed by atoms with Gasteiger partial charge in [0, 0.05) is 13.1 Å². The highest BCUT2D eigenvalue weighted by Crippen LogP contribution is 2.20. The van der Waals surface area contributed by atoms with Crippen LogP contribution >= 0.6 is 0 Å². The van der Waals surface area contributed by atoms with E-state index in [2.05, 4.69) is 43.3 Å². The summed E-state index contributed by atoms with van der Waals surface area (Å²) in [4.78, 5) is 4.48.